The molecule has 1 fully saturated rings. The Bertz CT molecular complexity index is 1680. The van der Waals surface area contributed by atoms with E-state index in [2.05, 4.69) is 11.6 Å². The zero-order valence-corrected chi connectivity index (χ0v) is 27.3. The van der Waals surface area contributed by atoms with Gasteiger partial charge in [0, 0.05) is 47.9 Å². The van der Waals surface area contributed by atoms with Crippen molar-refractivity contribution in [2.45, 2.75) is 66.4 Å². The Balaban J connectivity index is 1.84. The molecule has 0 amide bonds. The van der Waals surface area contributed by atoms with E-state index in [1.54, 1.807) is 26.0 Å². The summed E-state index contributed by atoms with van der Waals surface area (Å²) in [6, 6.07) is 0. The molecule has 11 heteroatoms. The number of hydrogen-bond acceptors (Lipinski definition) is 10. The number of allylic oxidation sites excluding steroid dienone is 4. The van der Waals surface area contributed by atoms with Gasteiger partial charge in [0.05, 0.1) is 43.2 Å². The summed E-state index contributed by atoms with van der Waals surface area (Å²) in [4.78, 5) is 44.9. The van der Waals surface area contributed by atoms with E-state index in [1.165, 1.54) is 20.3 Å². The maximum Gasteiger partial charge on any atom is 0.343 e. The molecular formula is C35H41N3O8. The van der Waals surface area contributed by atoms with Gasteiger partial charge < -0.3 is 29.0 Å². The first-order valence-corrected chi connectivity index (χ1v) is 15.1. The molecule has 3 atom stereocenters. The van der Waals surface area contributed by atoms with E-state index in [1.807, 2.05) is 26.8 Å². The van der Waals surface area contributed by atoms with Crippen LogP contribution in [0, 0.1) is 24.2 Å². The highest BCUT2D eigenvalue weighted by molar-refractivity contribution is 6.13. The highest BCUT2D eigenvalue weighted by Crippen LogP contribution is 2.38. The van der Waals surface area contributed by atoms with Gasteiger partial charge in [-0.3, -0.25) is 15.0 Å². The molecule has 1 saturated heterocycles. The van der Waals surface area contributed by atoms with Gasteiger partial charge in [-0.2, -0.15) is 0 Å². The number of ether oxygens (including phenoxy) is 4. The van der Waals surface area contributed by atoms with Gasteiger partial charge >= 0.3 is 17.9 Å². The van der Waals surface area contributed by atoms with Crippen molar-refractivity contribution in [1.82, 2.24) is 4.98 Å². The SMILES string of the molecule is C=CC1=C(C)/C(=C/C2=NC(=C\c3[nH]c(/C=C4\OC(=N)[C@H](C)[C@H]4[C@H](C)O)c(C)c3CCC(=O)OC)/C(CCC(=O)OC)=C2C)OC1=O. The lowest BCUT2D eigenvalue weighted by molar-refractivity contribution is -0.141. The molecule has 0 aromatic carbocycles. The number of aliphatic hydroxyl groups excluding tert-OH is 1. The number of methoxy groups -OCH3 is 2. The number of carbonyl (C=O) groups is 3. The van der Waals surface area contributed by atoms with Crippen molar-refractivity contribution < 1.29 is 38.4 Å². The number of hydrogen-bond donors (Lipinski definition) is 3. The molecule has 4 rings (SSSR count). The van der Waals surface area contributed by atoms with Crippen LogP contribution in [0.2, 0.25) is 0 Å². The molecule has 1 aromatic rings. The molecule has 1 aromatic heterocycles. The minimum atomic E-state index is -0.731. The highest BCUT2D eigenvalue weighted by Gasteiger charge is 2.38. The van der Waals surface area contributed by atoms with E-state index in [9.17, 15) is 19.5 Å². The molecule has 3 N–H and O–H groups in total. The van der Waals surface area contributed by atoms with Crippen LogP contribution in [-0.2, 0) is 39.8 Å². The third kappa shape index (κ3) is 6.89. The Morgan fingerprint density at radius 1 is 1.04 bits per heavy atom. The van der Waals surface area contributed by atoms with Gasteiger partial charge in [0.2, 0.25) is 0 Å². The van der Waals surface area contributed by atoms with Crippen molar-refractivity contribution in [2.75, 3.05) is 14.2 Å². The Kier molecular flexibility index (Phi) is 10.5. The molecule has 244 valence electrons. The fourth-order valence-corrected chi connectivity index (χ4v) is 5.90. The van der Waals surface area contributed by atoms with E-state index in [0.29, 0.717) is 58.3 Å². The quantitative estimate of drug-likeness (QED) is 0.216. The van der Waals surface area contributed by atoms with Crippen LogP contribution in [0.3, 0.4) is 0 Å². The first-order valence-electron chi connectivity index (χ1n) is 15.1. The summed E-state index contributed by atoms with van der Waals surface area (Å²) in [7, 11) is 2.68. The number of aliphatic imine (C=N–C) groups is 1. The number of cyclic esters (lactones) is 1. The van der Waals surface area contributed by atoms with Crippen LogP contribution < -0.4 is 0 Å². The second-order valence-corrected chi connectivity index (χ2v) is 11.5. The molecule has 11 nitrogen and oxygen atoms in total. The van der Waals surface area contributed by atoms with Crippen LogP contribution in [0.1, 0.15) is 69.5 Å². The minimum Gasteiger partial charge on any atom is -0.469 e. The number of aliphatic hydroxyl groups is 1. The lowest BCUT2D eigenvalue weighted by atomic mass is 9.89. The van der Waals surface area contributed by atoms with Crippen LogP contribution in [0.5, 0.6) is 0 Å². The number of aromatic nitrogens is 1. The number of aromatic amines is 1. The third-order valence-electron chi connectivity index (χ3n) is 8.72. The second-order valence-electron chi connectivity index (χ2n) is 11.5. The molecule has 0 aliphatic carbocycles. The van der Waals surface area contributed by atoms with Crippen LogP contribution in [0.25, 0.3) is 12.2 Å². The van der Waals surface area contributed by atoms with Crippen LogP contribution in [-0.4, -0.2) is 59.9 Å². The van der Waals surface area contributed by atoms with Crippen molar-refractivity contribution in [1.29, 1.82) is 5.41 Å². The topological polar surface area (TPSA) is 160 Å². The maximum absolute atomic E-state index is 12.3. The molecule has 0 spiro atoms. The third-order valence-corrected chi connectivity index (χ3v) is 8.72. The van der Waals surface area contributed by atoms with Gasteiger partial charge in [-0.15, -0.1) is 0 Å². The average molecular weight is 632 g/mol. The van der Waals surface area contributed by atoms with E-state index in [-0.39, 0.29) is 42.5 Å². The first-order chi connectivity index (χ1) is 21.8. The van der Waals surface area contributed by atoms with Crippen LogP contribution >= 0.6 is 0 Å². The number of carbonyl (C=O) groups excluding carboxylic acids is 3. The predicted octanol–water partition coefficient (Wildman–Crippen LogP) is 5.42. The van der Waals surface area contributed by atoms with Gasteiger partial charge in [0.25, 0.3) is 0 Å². The summed E-state index contributed by atoms with van der Waals surface area (Å²) in [6.07, 6.45) is 7.10. The number of nitrogens with one attached hydrogen (secondary N) is 2. The molecular weight excluding hydrogens is 590 g/mol. The standard InChI is InChI=1S/C35H41N3O8/c1-9-22-19(4)29(46-35(22)42)15-25-17(2)23(10-12-31(40)43-7)27(37-25)14-28-24(11-13-32(41)44-8)18(3)26(38-28)16-30-33(21(6)39)20(5)34(36)45-30/h9,14-16,20-21,33,36,38-39H,1,10-13H2,2-8H3/b27-14-,29-15-,30-16-,36-34?/t20-,21+,33+/m1/s1. The number of nitrogens with zero attached hydrogens (tertiary/aromatic N) is 1. The smallest absolute Gasteiger partial charge is 0.343 e. The summed E-state index contributed by atoms with van der Waals surface area (Å²) >= 11 is 0. The van der Waals surface area contributed by atoms with E-state index >= 15 is 0 Å². The molecule has 0 unspecified atom stereocenters. The first kappa shape index (κ1) is 34.1. The average Bonchev–Trinajstić information content (AvgIpc) is 3.67. The summed E-state index contributed by atoms with van der Waals surface area (Å²) in [6.45, 7) is 12.8. The molecule has 4 heterocycles. The van der Waals surface area contributed by atoms with Crippen molar-refractivity contribution in [3.8, 4) is 0 Å². The van der Waals surface area contributed by atoms with Crippen molar-refractivity contribution in [3.63, 3.8) is 0 Å². The van der Waals surface area contributed by atoms with Gasteiger partial charge in [-0.25, -0.2) is 9.79 Å². The Labute approximate surface area is 268 Å². The number of rotatable bonds is 11. The van der Waals surface area contributed by atoms with Gasteiger partial charge in [0.15, 0.2) is 5.90 Å². The monoisotopic (exact) mass is 631 g/mol. The zero-order chi connectivity index (χ0) is 33.9. The maximum atomic E-state index is 12.3. The molecule has 46 heavy (non-hydrogen) atoms. The van der Waals surface area contributed by atoms with Crippen LogP contribution in [0.4, 0.5) is 0 Å². The minimum absolute atomic E-state index is 0.0886. The fourth-order valence-electron chi connectivity index (χ4n) is 5.90. The molecule has 0 bridgehead atoms. The van der Waals surface area contributed by atoms with E-state index in [0.717, 1.165) is 22.3 Å². The summed E-state index contributed by atoms with van der Waals surface area (Å²) in [5.74, 6) is -0.926. The summed E-state index contributed by atoms with van der Waals surface area (Å²) in [5.41, 5.74) is 6.94. The Morgan fingerprint density at radius 3 is 2.28 bits per heavy atom. The van der Waals surface area contributed by atoms with Crippen LogP contribution in [0.15, 0.2) is 63.2 Å². The molecule has 3 aliphatic rings. The zero-order valence-electron chi connectivity index (χ0n) is 27.3. The summed E-state index contributed by atoms with van der Waals surface area (Å²) in [5, 5.41) is 18.6. The molecule has 0 radical (unpaired) electrons. The number of esters is 3. The molecule has 0 saturated carbocycles. The molecule has 3 aliphatic heterocycles. The Morgan fingerprint density at radius 2 is 1.70 bits per heavy atom. The Hall–Kier alpha value is -4.77. The normalized spacial score (nSPS) is 23.0. The van der Waals surface area contributed by atoms with E-state index < -0.39 is 12.1 Å². The lowest BCUT2D eigenvalue weighted by Gasteiger charge is -2.16. The largest absolute Gasteiger partial charge is 0.469 e. The fraction of sp³-hybridized carbons (Fsp3) is 0.400. The lowest BCUT2D eigenvalue weighted by Crippen LogP contribution is -2.22. The van der Waals surface area contributed by atoms with Crippen molar-refractivity contribution >= 4 is 41.7 Å². The van der Waals surface area contributed by atoms with Crippen molar-refractivity contribution in [3.05, 3.63) is 80.8 Å². The van der Waals surface area contributed by atoms with Gasteiger partial charge in [0.1, 0.15) is 11.5 Å². The predicted molar refractivity (Wildman–Crippen MR) is 173 cm³/mol. The van der Waals surface area contributed by atoms with Gasteiger partial charge in [-0.05, 0) is 68.9 Å². The highest BCUT2D eigenvalue weighted by atomic mass is 16.5. The van der Waals surface area contributed by atoms with Gasteiger partial charge in [-0.1, -0.05) is 19.6 Å². The second kappa shape index (κ2) is 14.1. The van der Waals surface area contributed by atoms with Crippen molar-refractivity contribution in [2.24, 2.45) is 16.8 Å². The summed E-state index contributed by atoms with van der Waals surface area (Å²) < 4.78 is 21.0. The van der Waals surface area contributed by atoms with E-state index in [4.69, 9.17) is 29.3 Å². The number of H-pyrrole nitrogens is 1.